The first-order valence-corrected chi connectivity index (χ1v) is 6.45. The molecule has 2 amide bonds. The summed E-state index contributed by atoms with van der Waals surface area (Å²) in [5.74, 6) is 0.0522. The van der Waals surface area contributed by atoms with Crippen molar-refractivity contribution in [2.75, 3.05) is 26.1 Å². The molecule has 1 aromatic rings. The first-order valence-electron chi connectivity index (χ1n) is 6.45. The van der Waals surface area contributed by atoms with E-state index < -0.39 is 12.0 Å². The Morgan fingerprint density at radius 2 is 1.90 bits per heavy atom. The topological polar surface area (TPSA) is 96.9 Å². The summed E-state index contributed by atoms with van der Waals surface area (Å²) in [6.07, 6.45) is 0.0106. The van der Waals surface area contributed by atoms with E-state index in [4.69, 9.17) is 14.6 Å². The van der Waals surface area contributed by atoms with Gasteiger partial charge < -0.3 is 25.2 Å². The van der Waals surface area contributed by atoms with Gasteiger partial charge in [-0.25, -0.2) is 4.79 Å². The van der Waals surface area contributed by atoms with Crippen molar-refractivity contribution >= 4 is 17.7 Å². The van der Waals surface area contributed by atoms with E-state index in [1.54, 1.807) is 25.1 Å². The molecule has 0 saturated heterocycles. The van der Waals surface area contributed by atoms with Crippen molar-refractivity contribution in [3.8, 4) is 11.5 Å². The maximum Gasteiger partial charge on any atom is 0.319 e. The van der Waals surface area contributed by atoms with Crippen molar-refractivity contribution in [3.05, 3.63) is 18.2 Å². The fraction of sp³-hybridized carbons (Fsp3) is 0.429. The van der Waals surface area contributed by atoms with E-state index >= 15 is 0 Å². The van der Waals surface area contributed by atoms with Crippen molar-refractivity contribution in [2.45, 2.75) is 13.3 Å². The van der Waals surface area contributed by atoms with E-state index in [0.29, 0.717) is 17.2 Å². The molecule has 0 radical (unpaired) electrons. The summed E-state index contributed by atoms with van der Waals surface area (Å²) in [6, 6.07) is 4.60. The third-order valence-corrected chi connectivity index (χ3v) is 2.78. The predicted molar refractivity (Wildman–Crippen MR) is 78.0 cm³/mol. The van der Waals surface area contributed by atoms with Gasteiger partial charge in [0.2, 0.25) is 0 Å². The SMILES string of the molecule is COc1ccc(NC(=O)NCC(C)CC(=O)O)cc1OC. The lowest BCUT2D eigenvalue weighted by Crippen LogP contribution is -2.32. The maximum absolute atomic E-state index is 11.7. The van der Waals surface area contributed by atoms with Gasteiger partial charge in [-0.3, -0.25) is 4.79 Å². The minimum Gasteiger partial charge on any atom is -0.493 e. The van der Waals surface area contributed by atoms with Crippen LogP contribution < -0.4 is 20.1 Å². The standard InChI is InChI=1S/C14H20N2O5/c1-9(6-13(17)18)8-15-14(19)16-10-4-5-11(20-2)12(7-10)21-3/h4-5,7,9H,6,8H2,1-3H3,(H,17,18)(H2,15,16,19). The number of anilines is 1. The Morgan fingerprint density at radius 1 is 1.24 bits per heavy atom. The number of hydrogen-bond acceptors (Lipinski definition) is 4. The molecule has 0 aromatic heterocycles. The number of hydrogen-bond donors (Lipinski definition) is 3. The average molecular weight is 296 g/mol. The van der Waals surface area contributed by atoms with Crippen molar-refractivity contribution < 1.29 is 24.2 Å². The third kappa shape index (κ3) is 5.60. The van der Waals surface area contributed by atoms with E-state index in [1.807, 2.05) is 0 Å². The Bertz CT molecular complexity index is 504. The van der Waals surface area contributed by atoms with Gasteiger partial charge in [0.1, 0.15) is 0 Å². The molecule has 1 aromatic carbocycles. The fourth-order valence-corrected chi connectivity index (χ4v) is 1.73. The van der Waals surface area contributed by atoms with Gasteiger partial charge >= 0.3 is 12.0 Å². The zero-order valence-corrected chi connectivity index (χ0v) is 12.3. The zero-order valence-electron chi connectivity index (χ0n) is 12.3. The Labute approximate surface area is 123 Å². The summed E-state index contributed by atoms with van der Waals surface area (Å²) in [5, 5.41) is 13.9. The molecule has 1 atom stereocenters. The average Bonchev–Trinajstić information content (AvgIpc) is 2.44. The second kappa shape index (κ2) is 7.98. The molecule has 0 saturated carbocycles. The first kappa shape index (κ1) is 16.6. The van der Waals surface area contributed by atoms with Crippen LogP contribution in [0.4, 0.5) is 10.5 Å². The molecule has 0 spiro atoms. The molecular weight excluding hydrogens is 276 g/mol. The molecule has 116 valence electrons. The van der Waals surface area contributed by atoms with E-state index in [9.17, 15) is 9.59 Å². The van der Waals surface area contributed by atoms with Crippen LogP contribution in [0.1, 0.15) is 13.3 Å². The minimum absolute atomic E-state index is 0.0106. The molecule has 0 fully saturated rings. The lowest BCUT2D eigenvalue weighted by molar-refractivity contribution is -0.137. The molecular formula is C14H20N2O5. The van der Waals surface area contributed by atoms with Crippen LogP contribution >= 0.6 is 0 Å². The summed E-state index contributed by atoms with van der Waals surface area (Å²) >= 11 is 0. The van der Waals surface area contributed by atoms with Crippen LogP contribution in [0.3, 0.4) is 0 Å². The van der Waals surface area contributed by atoms with Crippen LogP contribution in [-0.2, 0) is 4.79 Å². The highest BCUT2D eigenvalue weighted by Gasteiger charge is 2.10. The van der Waals surface area contributed by atoms with Crippen LogP contribution in [0.5, 0.6) is 11.5 Å². The van der Waals surface area contributed by atoms with Gasteiger partial charge in [-0.15, -0.1) is 0 Å². The van der Waals surface area contributed by atoms with Gasteiger partial charge in [-0.05, 0) is 18.1 Å². The molecule has 1 rings (SSSR count). The first-order chi connectivity index (χ1) is 9.96. The van der Waals surface area contributed by atoms with Crippen LogP contribution in [0.15, 0.2) is 18.2 Å². The second-order valence-corrected chi connectivity index (χ2v) is 4.61. The number of carboxylic acid groups (broad SMARTS) is 1. The number of ether oxygens (including phenoxy) is 2. The Kier molecular flexibility index (Phi) is 6.32. The van der Waals surface area contributed by atoms with Gasteiger partial charge in [0.15, 0.2) is 11.5 Å². The number of carbonyl (C=O) groups excluding carboxylic acids is 1. The molecule has 7 heteroatoms. The molecule has 21 heavy (non-hydrogen) atoms. The van der Waals surface area contributed by atoms with Crippen LogP contribution in [0.2, 0.25) is 0 Å². The number of rotatable bonds is 7. The van der Waals surface area contributed by atoms with Gasteiger partial charge in [0.05, 0.1) is 14.2 Å². The molecule has 3 N–H and O–H groups in total. The number of benzene rings is 1. The number of amides is 2. The summed E-state index contributed by atoms with van der Waals surface area (Å²) in [7, 11) is 3.04. The van der Waals surface area contributed by atoms with Gasteiger partial charge in [-0.2, -0.15) is 0 Å². The van der Waals surface area contributed by atoms with Crippen LogP contribution in [-0.4, -0.2) is 37.9 Å². The van der Waals surface area contributed by atoms with Gasteiger partial charge in [0, 0.05) is 24.7 Å². The van der Waals surface area contributed by atoms with E-state index in [-0.39, 0.29) is 18.9 Å². The quantitative estimate of drug-likeness (QED) is 0.714. The van der Waals surface area contributed by atoms with Crippen molar-refractivity contribution in [1.29, 1.82) is 0 Å². The van der Waals surface area contributed by atoms with Crippen LogP contribution in [0.25, 0.3) is 0 Å². The van der Waals surface area contributed by atoms with Gasteiger partial charge in [-0.1, -0.05) is 6.92 Å². The monoisotopic (exact) mass is 296 g/mol. The molecule has 7 nitrogen and oxygen atoms in total. The number of nitrogens with one attached hydrogen (secondary N) is 2. The summed E-state index contributed by atoms with van der Waals surface area (Å²) < 4.78 is 10.2. The number of carbonyl (C=O) groups is 2. The number of carboxylic acids is 1. The minimum atomic E-state index is -0.885. The smallest absolute Gasteiger partial charge is 0.319 e. The second-order valence-electron chi connectivity index (χ2n) is 4.61. The van der Waals surface area contributed by atoms with E-state index in [2.05, 4.69) is 10.6 Å². The highest BCUT2D eigenvalue weighted by molar-refractivity contribution is 5.89. The maximum atomic E-state index is 11.7. The Balaban J connectivity index is 2.53. The zero-order chi connectivity index (χ0) is 15.8. The summed E-state index contributed by atoms with van der Waals surface area (Å²) in [4.78, 5) is 22.2. The van der Waals surface area contributed by atoms with Crippen molar-refractivity contribution in [3.63, 3.8) is 0 Å². The number of aliphatic carboxylic acids is 1. The largest absolute Gasteiger partial charge is 0.493 e. The molecule has 0 aliphatic rings. The van der Waals surface area contributed by atoms with Crippen molar-refractivity contribution in [1.82, 2.24) is 5.32 Å². The van der Waals surface area contributed by atoms with E-state index in [1.165, 1.54) is 14.2 Å². The molecule has 1 unspecified atom stereocenters. The number of urea groups is 1. The third-order valence-electron chi connectivity index (χ3n) is 2.78. The predicted octanol–water partition coefficient (Wildman–Crippen LogP) is 1.94. The lowest BCUT2D eigenvalue weighted by Gasteiger charge is -2.13. The molecule has 0 aliphatic carbocycles. The molecule has 0 aliphatic heterocycles. The highest BCUT2D eigenvalue weighted by atomic mass is 16.5. The normalized spacial score (nSPS) is 11.4. The fourth-order valence-electron chi connectivity index (χ4n) is 1.73. The Morgan fingerprint density at radius 3 is 2.48 bits per heavy atom. The Hall–Kier alpha value is -2.44. The van der Waals surface area contributed by atoms with Crippen LogP contribution in [0, 0.1) is 5.92 Å². The number of methoxy groups -OCH3 is 2. The molecule has 0 heterocycles. The van der Waals surface area contributed by atoms with E-state index in [0.717, 1.165) is 0 Å². The van der Waals surface area contributed by atoms with Gasteiger partial charge in [0.25, 0.3) is 0 Å². The van der Waals surface area contributed by atoms with Crippen molar-refractivity contribution in [2.24, 2.45) is 5.92 Å². The summed E-state index contributed by atoms with van der Waals surface area (Å²) in [6.45, 7) is 2.04. The lowest BCUT2D eigenvalue weighted by atomic mass is 10.1. The molecule has 0 bridgehead atoms. The highest BCUT2D eigenvalue weighted by Crippen LogP contribution is 2.29. The summed E-state index contributed by atoms with van der Waals surface area (Å²) in [5.41, 5.74) is 0.552.